The number of aliphatic imine (C=N–C) groups is 1. The minimum absolute atomic E-state index is 0.0441. The van der Waals surface area contributed by atoms with Crippen LogP contribution < -0.4 is 0 Å². The molecule has 0 atom stereocenters. The standard InChI is InChI=1S/C27H25N5OS/c1-15-10-8-12-23(18(15)4)31-17(3)13-20(19(31)5)14-22-24(28)32-27(29-25(22)33)34-26(30-32)21-11-7-6-9-16(21)2/h6-14,28H,1-5H3/b22-14-,28-24?. The molecule has 1 aromatic heterocycles. The monoisotopic (exact) mass is 467 g/mol. The molecule has 1 N–H and O–H groups in total. The van der Waals surface area contributed by atoms with Crippen molar-refractivity contribution < 1.29 is 4.79 Å². The minimum Gasteiger partial charge on any atom is -0.318 e. The van der Waals surface area contributed by atoms with E-state index in [1.807, 2.05) is 44.2 Å². The van der Waals surface area contributed by atoms with Gasteiger partial charge in [-0.1, -0.05) is 36.4 Å². The molecule has 2 aliphatic heterocycles. The number of carbonyl (C=O) groups excluding carboxylic acids is 1. The van der Waals surface area contributed by atoms with Crippen molar-refractivity contribution in [2.24, 2.45) is 10.1 Å². The van der Waals surface area contributed by atoms with Gasteiger partial charge in [-0.05, 0) is 86.8 Å². The first-order valence-electron chi connectivity index (χ1n) is 11.1. The first-order chi connectivity index (χ1) is 16.3. The van der Waals surface area contributed by atoms with Crippen molar-refractivity contribution in [3.63, 3.8) is 0 Å². The van der Waals surface area contributed by atoms with Crippen molar-refractivity contribution in [2.45, 2.75) is 34.6 Å². The second-order valence-electron chi connectivity index (χ2n) is 8.62. The van der Waals surface area contributed by atoms with Crippen LogP contribution in [0.25, 0.3) is 11.8 Å². The van der Waals surface area contributed by atoms with Crippen molar-refractivity contribution >= 4 is 39.8 Å². The van der Waals surface area contributed by atoms with Crippen LogP contribution in [0.2, 0.25) is 0 Å². The first kappa shape index (κ1) is 22.1. The van der Waals surface area contributed by atoms with Crippen LogP contribution in [0, 0.1) is 40.0 Å². The fraction of sp³-hybridized carbons (Fsp3) is 0.185. The van der Waals surface area contributed by atoms with Crippen LogP contribution in [0.4, 0.5) is 0 Å². The van der Waals surface area contributed by atoms with Gasteiger partial charge in [-0.15, -0.1) is 0 Å². The maximum absolute atomic E-state index is 12.9. The Balaban J connectivity index is 1.54. The van der Waals surface area contributed by atoms with E-state index in [0.717, 1.165) is 38.8 Å². The number of hydrazone groups is 1. The average molecular weight is 468 g/mol. The number of carbonyl (C=O) groups is 1. The first-order valence-corrected chi connectivity index (χ1v) is 11.9. The maximum atomic E-state index is 12.9. The number of benzene rings is 2. The second-order valence-corrected chi connectivity index (χ2v) is 9.58. The summed E-state index contributed by atoms with van der Waals surface area (Å²) >= 11 is 1.32. The largest absolute Gasteiger partial charge is 0.318 e. The highest BCUT2D eigenvalue weighted by molar-refractivity contribution is 8.27. The van der Waals surface area contributed by atoms with Crippen LogP contribution in [0.1, 0.15) is 39.2 Å². The molecule has 3 heterocycles. The predicted molar refractivity (Wildman–Crippen MR) is 140 cm³/mol. The minimum atomic E-state index is -0.415. The number of nitrogens with one attached hydrogen (secondary N) is 1. The van der Waals surface area contributed by atoms with Crippen molar-refractivity contribution in [3.05, 3.63) is 93.3 Å². The maximum Gasteiger partial charge on any atom is 0.283 e. The Morgan fingerprint density at radius 3 is 2.47 bits per heavy atom. The molecule has 170 valence electrons. The van der Waals surface area contributed by atoms with E-state index in [9.17, 15) is 4.79 Å². The molecule has 2 aromatic carbocycles. The molecule has 0 radical (unpaired) electrons. The molecule has 0 spiro atoms. The van der Waals surface area contributed by atoms with Gasteiger partial charge in [0.15, 0.2) is 5.84 Å². The van der Waals surface area contributed by atoms with E-state index in [4.69, 9.17) is 5.41 Å². The van der Waals surface area contributed by atoms with Gasteiger partial charge in [0, 0.05) is 22.6 Å². The molecule has 0 aliphatic carbocycles. The number of amides is 1. The van der Waals surface area contributed by atoms with E-state index in [0.29, 0.717) is 5.17 Å². The molecule has 0 saturated carbocycles. The van der Waals surface area contributed by atoms with E-state index in [2.05, 4.69) is 53.6 Å². The summed E-state index contributed by atoms with van der Waals surface area (Å²) in [6.07, 6.45) is 1.76. The Kier molecular flexibility index (Phi) is 5.37. The number of hydrogen-bond donors (Lipinski definition) is 1. The van der Waals surface area contributed by atoms with Crippen LogP contribution in [0.15, 0.2) is 64.2 Å². The predicted octanol–water partition coefficient (Wildman–Crippen LogP) is 5.69. The number of aryl methyl sites for hydroxylation is 3. The van der Waals surface area contributed by atoms with Crippen molar-refractivity contribution in [1.82, 2.24) is 9.58 Å². The van der Waals surface area contributed by atoms with Crippen LogP contribution in [-0.2, 0) is 4.79 Å². The Hall–Kier alpha value is -3.71. The molecule has 34 heavy (non-hydrogen) atoms. The van der Waals surface area contributed by atoms with Crippen LogP contribution >= 0.6 is 11.8 Å². The average Bonchev–Trinajstić information content (AvgIpc) is 3.34. The quantitative estimate of drug-likeness (QED) is 0.503. The summed E-state index contributed by atoms with van der Waals surface area (Å²) in [7, 11) is 0. The number of rotatable bonds is 3. The summed E-state index contributed by atoms with van der Waals surface area (Å²) < 4.78 is 2.19. The van der Waals surface area contributed by atoms with Crippen molar-refractivity contribution in [3.8, 4) is 5.69 Å². The number of aromatic nitrogens is 1. The summed E-state index contributed by atoms with van der Waals surface area (Å²) in [4.78, 5) is 17.2. The van der Waals surface area contributed by atoms with E-state index in [1.54, 1.807) is 6.08 Å². The third-order valence-corrected chi connectivity index (χ3v) is 7.36. The Bertz CT molecular complexity index is 1470. The van der Waals surface area contributed by atoms with Gasteiger partial charge in [-0.25, -0.2) is 0 Å². The topological polar surface area (TPSA) is 73.8 Å². The molecule has 5 rings (SSSR count). The zero-order valence-corrected chi connectivity index (χ0v) is 20.6. The smallest absolute Gasteiger partial charge is 0.283 e. The molecule has 7 heteroatoms. The second kappa shape index (κ2) is 8.25. The summed E-state index contributed by atoms with van der Waals surface area (Å²) in [6.45, 7) is 10.3. The van der Waals surface area contributed by atoms with Crippen LogP contribution in [0.5, 0.6) is 0 Å². The van der Waals surface area contributed by atoms with E-state index < -0.39 is 5.91 Å². The molecule has 1 amide bonds. The third kappa shape index (κ3) is 3.53. The fourth-order valence-electron chi connectivity index (χ4n) is 4.35. The lowest BCUT2D eigenvalue weighted by molar-refractivity contribution is -0.114. The molecule has 0 fully saturated rings. The highest BCUT2D eigenvalue weighted by Crippen LogP contribution is 2.33. The van der Waals surface area contributed by atoms with E-state index in [-0.39, 0.29) is 11.4 Å². The zero-order valence-electron chi connectivity index (χ0n) is 19.8. The lowest BCUT2D eigenvalue weighted by Crippen LogP contribution is -2.35. The lowest BCUT2D eigenvalue weighted by atomic mass is 10.1. The third-order valence-electron chi connectivity index (χ3n) is 6.42. The number of fused-ring (bicyclic) bond motifs is 1. The van der Waals surface area contributed by atoms with Gasteiger partial charge in [0.25, 0.3) is 5.91 Å². The SMILES string of the molecule is Cc1ccccc1C1=NN2C(=N)/C(=C/c3cc(C)n(-c4cccc(C)c4C)c3C)C(=O)N=C2S1. The molecule has 0 saturated heterocycles. The van der Waals surface area contributed by atoms with Gasteiger partial charge in [-0.3, -0.25) is 10.2 Å². The fourth-order valence-corrected chi connectivity index (χ4v) is 5.33. The molecule has 0 bridgehead atoms. The molecule has 3 aromatic rings. The van der Waals surface area contributed by atoms with E-state index >= 15 is 0 Å². The molecular weight excluding hydrogens is 442 g/mol. The number of nitrogens with zero attached hydrogens (tertiary/aromatic N) is 4. The van der Waals surface area contributed by atoms with Gasteiger partial charge in [0.1, 0.15) is 5.04 Å². The Morgan fingerprint density at radius 2 is 1.71 bits per heavy atom. The molecule has 6 nitrogen and oxygen atoms in total. The number of hydrogen-bond acceptors (Lipinski definition) is 4. The molecule has 0 unspecified atom stereocenters. The Labute approximate surface area is 203 Å². The van der Waals surface area contributed by atoms with Gasteiger partial charge >= 0.3 is 0 Å². The number of thioether (sulfide) groups is 1. The zero-order chi connectivity index (χ0) is 24.1. The van der Waals surface area contributed by atoms with Crippen molar-refractivity contribution in [2.75, 3.05) is 0 Å². The summed E-state index contributed by atoms with van der Waals surface area (Å²) in [5, 5.41) is 16.0. The van der Waals surface area contributed by atoms with Crippen molar-refractivity contribution in [1.29, 1.82) is 5.41 Å². The van der Waals surface area contributed by atoms with Gasteiger partial charge in [0.05, 0.1) is 5.57 Å². The Morgan fingerprint density at radius 1 is 0.971 bits per heavy atom. The normalized spacial score (nSPS) is 16.7. The highest BCUT2D eigenvalue weighted by Gasteiger charge is 2.36. The van der Waals surface area contributed by atoms with E-state index in [1.165, 1.54) is 27.9 Å². The van der Waals surface area contributed by atoms with Crippen LogP contribution in [0.3, 0.4) is 0 Å². The van der Waals surface area contributed by atoms with Gasteiger partial charge < -0.3 is 4.57 Å². The molecule has 2 aliphatic rings. The van der Waals surface area contributed by atoms with Gasteiger partial charge in [-0.2, -0.15) is 15.1 Å². The molecular formula is C27H25N5OS. The summed E-state index contributed by atoms with van der Waals surface area (Å²) in [6, 6.07) is 16.3. The van der Waals surface area contributed by atoms with Gasteiger partial charge in [0.2, 0.25) is 5.17 Å². The lowest BCUT2D eigenvalue weighted by Gasteiger charge is -2.20. The summed E-state index contributed by atoms with van der Waals surface area (Å²) in [5.74, 6) is -0.371. The number of amidine groups is 2. The summed E-state index contributed by atoms with van der Waals surface area (Å²) in [5.41, 5.74) is 8.82. The van der Waals surface area contributed by atoms with Crippen LogP contribution in [-0.4, -0.2) is 31.5 Å². The highest BCUT2D eigenvalue weighted by atomic mass is 32.2.